The van der Waals surface area contributed by atoms with Gasteiger partial charge in [-0.2, -0.15) is 4.98 Å². The van der Waals surface area contributed by atoms with Crippen LogP contribution < -0.4 is 5.32 Å². The Bertz CT molecular complexity index is 537. The molecule has 0 aliphatic rings. The highest BCUT2D eigenvalue weighted by Gasteiger charge is 2.03. The van der Waals surface area contributed by atoms with E-state index in [4.69, 9.17) is 0 Å². The third kappa shape index (κ3) is 3.03. The summed E-state index contributed by atoms with van der Waals surface area (Å²) in [5, 5.41) is 7.37. The van der Waals surface area contributed by atoms with E-state index in [1.807, 2.05) is 32.2 Å². The fourth-order valence-electron chi connectivity index (χ4n) is 1.48. The Morgan fingerprint density at radius 1 is 1.47 bits per heavy atom. The van der Waals surface area contributed by atoms with E-state index in [0.29, 0.717) is 24.0 Å². The van der Waals surface area contributed by atoms with Gasteiger partial charge in [0.05, 0.1) is 0 Å². The normalized spacial score (nSPS) is 12.8. The Kier molecular flexibility index (Phi) is 3.73. The van der Waals surface area contributed by atoms with Crippen LogP contribution in [0.5, 0.6) is 0 Å². The summed E-state index contributed by atoms with van der Waals surface area (Å²) >= 11 is 0. The van der Waals surface area contributed by atoms with Crippen molar-refractivity contribution in [2.45, 2.75) is 13.8 Å². The summed E-state index contributed by atoms with van der Waals surface area (Å²) in [6.07, 6.45) is 1.93. The molecule has 0 saturated heterocycles. The lowest BCUT2D eigenvalue weighted by Crippen LogP contribution is -2.12. The van der Waals surface area contributed by atoms with Gasteiger partial charge in [0.25, 0.3) is 0 Å². The molecular formula is C11H16N4OS. The molecule has 92 valence electrons. The second-order valence-corrected chi connectivity index (χ2v) is 5.67. The van der Waals surface area contributed by atoms with Crippen molar-refractivity contribution in [3.05, 3.63) is 23.9 Å². The van der Waals surface area contributed by atoms with E-state index >= 15 is 0 Å². The first-order valence-corrected chi connectivity index (χ1v) is 7.09. The zero-order valence-electron chi connectivity index (χ0n) is 10.0. The minimum Gasteiger partial charge on any atom is -0.352 e. The fourth-order valence-corrected chi connectivity index (χ4v) is 2.10. The van der Waals surface area contributed by atoms with Crippen molar-refractivity contribution in [2.24, 2.45) is 0 Å². The molecule has 6 heteroatoms. The molecule has 1 unspecified atom stereocenters. The van der Waals surface area contributed by atoms with Crippen LogP contribution in [0.25, 0.3) is 5.65 Å². The van der Waals surface area contributed by atoms with E-state index in [0.717, 1.165) is 11.2 Å². The van der Waals surface area contributed by atoms with E-state index in [2.05, 4.69) is 15.4 Å². The molecule has 0 aliphatic heterocycles. The first kappa shape index (κ1) is 12.0. The van der Waals surface area contributed by atoms with Crippen LogP contribution in [0.4, 0.5) is 5.95 Å². The van der Waals surface area contributed by atoms with Gasteiger partial charge in [0.15, 0.2) is 5.65 Å². The van der Waals surface area contributed by atoms with Crippen LogP contribution in [-0.2, 0) is 10.8 Å². The molecule has 0 saturated carbocycles. The SMILES string of the molecule is CCS(=O)CCNc1nc2ccc(C)cn2n1. The predicted molar refractivity (Wildman–Crippen MR) is 69.8 cm³/mol. The average molecular weight is 252 g/mol. The smallest absolute Gasteiger partial charge is 0.243 e. The van der Waals surface area contributed by atoms with Crippen LogP contribution in [0.1, 0.15) is 12.5 Å². The van der Waals surface area contributed by atoms with Gasteiger partial charge in [-0.15, -0.1) is 5.10 Å². The van der Waals surface area contributed by atoms with Gasteiger partial charge in [-0.25, -0.2) is 4.52 Å². The molecule has 2 aromatic rings. The largest absolute Gasteiger partial charge is 0.352 e. The summed E-state index contributed by atoms with van der Waals surface area (Å²) in [6, 6.07) is 3.93. The maximum absolute atomic E-state index is 11.2. The van der Waals surface area contributed by atoms with Crippen molar-refractivity contribution in [1.29, 1.82) is 0 Å². The number of nitrogens with one attached hydrogen (secondary N) is 1. The molecule has 0 bridgehead atoms. The van der Waals surface area contributed by atoms with Gasteiger partial charge < -0.3 is 5.32 Å². The number of pyridine rings is 1. The van der Waals surface area contributed by atoms with Crippen LogP contribution in [0, 0.1) is 6.92 Å². The van der Waals surface area contributed by atoms with Crippen LogP contribution in [0.2, 0.25) is 0 Å². The van der Waals surface area contributed by atoms with Crippen molar-refractivity contribution in [1.82, 2.24) is 14.6 Å². The van der Waals surface area contributed by atoms with Crippen LogP contribution >= 0.6 is 0 Å². The van der Waals surface area contributed by atoms with Gasteiger partial charge in [0.2, 0.25) is 5.95 Å². The Labute approximate surface area is 103 Å². The molecule has 1 N–H and O–H groups in total. The number of hydrogen-bond acceptors (Lipinski definition) is 4. The molecule has 5 nitrogen and oxygen atoms in total. The lowest BCUT2D eigenvalue weighted by atomic mass is 10.3. The fraction of sp³-hybridized carbons (Fsp3) is 0.455. The first-order valence-electron chi connectivity index (χ1n) is 5.61. The predicted octanol–water partition coefficient (Wildman–Crippen LogP) is 1.22. The Morgan fingerprint density at radius 2 is 2.29 bits per heavy atom. The Hall–Kier alpha value is -1.43. The monoisotopic (exact) mass is 252 g/mol. The van der Waals surface area contributed by atoms with Gasteiger partial charge in [0.1, 0.15) is 0 Å². The van der Waals surface area contributed by atoms with Gasteiger partial charge in [-0.3, -0.25) is 4.21 Å². The molecule has 0 aromatic carbocycles. The summed E-state index contributed by atoms with van der Waals surface area (Å²) in [5.74, 6) is 1.91. The average Bonchev–Trinajstić information content (AvgIpc) is 2.70. The van der Waals surface area contributed by atoms with Crippen molar-refractivity contribution in [2.75, 3.05) is 23.4 Å². The number of fused-ring (bicyclic) bond motifs is 1. The number of hydrogen-bond donors (Lipinski definition) is 1. The highest BCUT2D eigenvalue weighted by Crippen LogP contribution is 2.06. The number of aryl methyl sites for hydroxylation is 1. The van der Waals surface area contributed by atoms with Crippen LogP contribution in [0.3, 0.4) is 0 Å². The summed E-state index contributed by atoms with van der Waals surface area (Å²) in [4.78, 5) is 4.32. The highest BCUT2D eigenvalue weighted by molar-refractivity contribution is 7.84. The quantitative estimate of drug-likeness (QED) is 0.869. The zero-order valence-corrected chi connectivity index (χ0v) is 10.8. The molecule has 2 aromatic heterocycles. The minimum absolute atomic E-state index is 0.587. The van der Waals surface area contributed by atoms with E-state index in [9.17, 15) is 4.21 Å². The molecule has 2 heterocycles. The summed E-state index contributed by atoms with van der Waals surface area (Å²) in [6.45, 7) is 4.57. The van der Waals surface area contributed by atoms with E-state index in [1.54, 1.807) is 4.52 Å². The summed E-state index contributed by atoms with van der Waals surface area (Å²) < 4.78 is 13.0. The molecule has 0 aliphatic carbocycles. The summed E-state index contributed by atoms with van der Waals surface area (Å²) in [7, 11) is -0.747. The molecule has 1 atom stereocenters. The minimum atomic E-state index is -0.747. The molecule has 17 heavy (non-hydrogen) atoms. The Balaban J connectivity index is 2.02. The number of rotatable bonds is 5. The van der Waals surface area contributed by atoms with E-state index in [1.165, 1.54) is 0 Å². The maximum atomic E-state index is 11.2. The lowest BCUT2D eigenvalue weighted by molar-refractivity contribution is 0.684. The third-order valence-corrected chi connectivity index (χ3v) is 3.72. The molecule has 0 fully saturated rings. The van der Waals surface area contributed by atoms with Crippen molar-refractivity contribution < 1.29 is 4.21 Å². The van der Waals surface area contributed by atoms with E-state index in [-0.39, 0.29) is 0 Å². The molecule has 0 spiro atoms. The van der Waals surface area contributed by atoms with E-state index < -0.39 is 10.8 Å². The number of nitrogens with zero attached hydrogens (tertiary/aromatic N) is 3. The Morgan fingerprint density at radius 3 is 3.06 bits per heavy atom. The second kappa shape index (κ2) is 5.27. The van der Waals surface area contributed by atoms with Gasteiger partial charge in [-0.05, 0) is 18.6 Å². The first-order chi connectivity index (χ1) is 8.19. The van der Waals surface area contributed by atoms with Crippen molar-refractivity contribution in [3.8, 4) is 0 Å². The topological polar surface area (TPSA) is 59.3 Å². The van der Waals surface area contributed by atoms with Crippen LogP contribution in [0.15, 0.2) is 18.3 Å². The number of anilines is 1. The standard InChI is InChI=1S/C11H16N4OS/c1-3-17(16)7-6-12-11-13-10-5-4-9(2)8-15(10)14-11/h4-5,8H,3,6-7H2,1-2H3,(H,12,14). The van der Waals surface area contributed by atoms with Gasteiger partial charge in [-0.1, -0.05) is 13.0 Å². The van der Waals surface area contributed by atoms with Crippen LogP contribution in [-0.4, -0.2) is 36.9 Å². The lowest BCUT2D eigenvalue weighted by Gasteiger charge is -1.99. The zero-order chi connectivity index (χ0) is 12.3. The maximum Gasteiger partial charge on any atom is 0.243 e. The second-order valence-electron chi connectivity index (χ2n) is 3.80. The van der Waals surface area contributed by atoms with Crippen molar-refractivity contribution in [3.63, 3.8) is 0 Å². The van der Waals surface area contributed by atoms with Gasteiger partial charge in [0, 0.05) is 35.0 Å². The van der Waals surface area contributed by atoms with Crippen molar-refractivity contribution >= 4 is 22.4 Å². The molecule has 2 rings (SSSR count). The summed E-state index contributed by atoms with van der Waals surface area (Å²) in [5.41, 5.74) is 1.95. The molecule has 0 amide bonds. The third-order valence-electron chi connectivity index (χ3n) is 2.41. The highest BCUT2D eigenvalue weighted by atomic mass is 32.2. The molecular weight excluding hydrogens is 236 g/mol. The molecule has 0 radical (unpaired) electrons. The number of aromatic nitrogens is 3. The van der Waals surface area contributed by atoms with Gasteiger partial charge >= 0.3 is 0 Å².